The highest BCUT2D eigenvalue weighted by molar-refractivity contribution is 6.09. The SMILES string of the molecule is C1=c2c(c3ccccc3c3ccccc23)=C(C(c2ccccc2)c2cc(-c3ccccc3)cc(-c3ccccc3)c2)C2c3ccccc3O[C@H]12. The average Bonchev–Trinajstić information content (AvgIpc) is 3.57. The number of para-hydroxylation sites is 1. The van der Waals surface area contributed by atoms with Crippen LogP contribution in [-0.4, -0.2) is 6.10 Å². The summed E-state index contributed by atoms with van der Waals surface area (Å²) in [6.07, 6.45) is 2.30. The van der Waals surface area contributed by atoms with Crippen molar-refractivity contribution in [3.05, 3.63) is 209 Å². The molecule has 0 amide bonds. The predicted octanol–water partition coefficient (Wildman–Crippen LogP) is 10.6. The Bertz CT molecular complexity index is 2620. The monoisotopic (exact) mass is 638 g/mol. The van der Waals surface area contributed by atoms with Crippen molar-refractivity contribution < 1.29 is 4.74 Å². The third kappa shape index (κ3) is 4.62. The lowest BCUT2D eigenvalue weighted by Crippen LogP contribution is -2.41. The van der Waals surface area contributed by atoms with Gasteiger partial charge in [0.2, 0.25) is 0 Å². The maximum Gasteiger partial charge on any atom is 0.129 e. The first kappa shape index (κ1) is 28.8. The summed E-state index contributed by atoms with van der Waals surface area (Å²) < 4.78 is 6.89. The van der Waals surface area contributed by atoms with Crippen molar-refractivity contribution in [3.8, 4) is 28.0 Å². The van der Waals surface area contributed by atoms with Gasteiger partial charge in [-0.1, -0.05) is 170 Å². The molecule has 0 fully saturated rings. The Balaban J connectivity index is 1.39. The second kappa shape index (κ2) is 11.8. The van der Waals surface area contributed by atoms with Gasteiger partial charge in [0.1, 0.15) is 11.9 Å². The molecule has 2 aliphatic rings. The Morgan fingerprint density at radius 3 is 1.60 bits per heavy atom. The summed E-state index contributed by atoms with van der Waals surface area (Å²) in [6.45, 7) is 0. The molecule has 1 aliphatic carbocycles. The van der Waals surface area contributed by atoms with Crippen LogP contribution in [0, 0.1) is 0 Å². The van der Waals surface area contributed by atoms with E-state index in [1.54, 1.807) is 0 Å². The molecule has 1 nitrogen and oxygen atoms in total. The molecule has 0 spiro atoms. The van der Waals surface area contributed by atoms with Crippen LogP contribution in [0.3, 0.4) is 0 Å². The molecule has 0 radical (unpaired) electrons. The zero-order valence-corrected chi connectivity index (χ0v) is 27.5. The largest absolute Gasteiger partial charge is 0.485 e. The molecule has 2 unspecified atom stereocenters. The quantitative estimate of drug-likeness (QED) is 0.171. The number of benzene rings is 8. The summed E-state index contributed by atoms with van der Waals surface area (Å²) in [5.41, 5.74) is 10.1. The zero-order valence-electron chi connectivity index (χ0n) is 27.5. The highest BCUT2D eigenvalue weighted by Crippen LogP contribution is 2.51. The Morgan fingerprint density at radius 2 is 0.940 bits per heavy atom. The van der Waals surface area contributed by atoms with E-state index in [1.807, 2.05) is 0 Å². The van der Waals surface area contributed by atoms with Gasteiger partial charge < -0.3 is 4.74 Å². The van der Waals surface area contributed by atoms with Crippen LogP contribution in [0.4, 0.5) is 0 Å². The molecule has 8 aromatic rings. The normalized spacial score (nSPS) is 16.6. The van der Waals surface area contributed by atoms with Crippen LogP contribution >= 0.6 is 0 Å². The van der Waals surface area contributed by atoms with Gasteiger partial charge in [-0.15, -0.1) is 0 Å². The van der Waals surface area contributed by atoms with E-state index in [9.17, 15) is 0 Å². The predicted molar refractivity (Wildman–Crippen MR) is 208 cm³/mol. The molecule has 0 N–H and O–H groups in total. The van der Waals surface area contributed by atoms with E-state index in [4.69, 9.17) is 4.74 Å². The van der Waals surface area contributed by atoms with Crippen molar-refractivity contribution >= 4 is 33.2 Å². The zero-order chi connectivity index (χ0) is 33.0. The maximum atomic E-state index is 6.89. The highest BCUT2D eigenvalue weighted by Gasteiger charge is 2.42. The lowest BCUT2D eigenvalue weighted by Gasteiger charge is -2.32. The Kier molecular flexibility index (Phi) is 6.77. The fraction of sp³-hybridized carbons (Fsp3) is 0.0612. The van der Waals surface area contributed by atoms with Gasteiger partial charge in [-0.3, -0.25) is 0 Å². The smallest absolute Gasteiger partial charge is 0.129 e. The van der Waals surface area contributed by atoms with Gasteiger partial charge in [-0.25, -0.2) is 0 Å². The van der Waals surface area contributed by atoms with Crippen LogP contribution in [-0.2, 0) is 0 Å². The van der Waals surface area contributed by atoms with Crippen LogP contribution in [0.5, 0.6) is 5.75 Å². The molecule has 10 rings (SSSR count). The fourth-order valence-electron chi connectivity index (χ4n) is 8.62. The maximum absolute atomic E-state index is 6.89. The Labute approximate surface area is 292 Å². The van der Waals surface area contributed by atoms with Gasteiger partial charge >= 0.3 is 0 Å². The minimum atomic E-state index is -0.114. The molecule has 50 heavy (non-hydrogen) atoms. The van der Waals surface area contributed by atoms with Gasteiger partial charge in [0.15, 0.2) is 0 Å². The first-order valence-corrected chi connectivity index (χ1v) is 17.5. The third-order valence-corrected chi connectivity index (χ3v) is 10.7. The van der Waals surface area contributed by atoms with Gasteiger partial charge in [0.25, 0.3) is 0 Å². The molecule has 0 saturated heterocycles. The molecular weight excluding hydrogens is 605 g/mol. The number of fused-ring (bicyclic) bond motifs is 9. The summed E-state index contributed by atoms with van der Waals surface area (Å²) in [6, 6.07) is 66.5. The van der Waals surface area contributed by atoms with Crippen molar-refractivity contribution in [2.45, 2.75) is 17.9 Å². The highest BCUT2D eigenvalue weighted by atomic mass is 16.5. The lowest BCUT2D eigenvalue weighted by atomic mass is 9.70. The van der Waals surface area contributed by atoms with Crippen molar-refractivity contribution in [2.75, 3.05) is 0 Å². The average molecular weight is 639 g/mol. The van der Waals surface area contributed by atoms with Gasteiger partial charge in [-0.05, 0) is 89.1 Å². The summed E-state index contributed by atoms with van der Waals surface area (Å²) in [4.78, 5) is 0. The topological polar surface area (TPSA) is 9.23 Å². The van der Waals surface area contributed by atoms with Crippen molar-refractivity contribution in [1.29, 1.82) is 0 Å². The second-order valence-electron chi connectivity index (χ2n) is 13.5. The summed E-state index contributed by atoms with van der Waals surface area (Å²) in [5.74, 6) is 0.989. The van der Waals surface area contributed by atoms with E-state index in [0.717, 1.165) is 5.75 Å². The summed E-state index contributed by atoms with van der Waals surface area (Å²) >= 11 is 0. The van der Waals surface area contributed by atoms with Gasteiger partial charge in [-0.2, -0.15) is 0 Å². The minimum absolute atomic E-state index is 0.0402. The molecule has 1 heterocycles. The molecular formula is C49H34O. The summed E-state index contributed by atoms with van der Waals surface area (Å²) in [7, 11) is 0. The molecule has 3 atom stereocenters. The van der Waals surface area contributed by atoms with Crippen molar-refractivity contribution in [1.82, 2.24) is 0 Å². The van der Waals surface area contributed by atoms with Crippen LogP contribution in [0.15, 0.2) is 182 Å². The molecule has 0 saturated carbocycles. The first-order chi connectivity index (χ1) is 24.8. The third-order valence-electron chi connectivity index (χ3n) is 10.7. The van der Waals surface area contributed by atoms with E-state index < -0.39 is 0 Å². The van der Waals surface area contributed by atoms with Gasteiger partial charge in [0.05, 0.1) is 5.92 Å². The molecule has 0 aromatic heterocycles. The first-order valence-electron chi connectivity index (χ1n) is 17.5. The van der Waals surface area contributed by atoms with E-state index >= 15 is 0 Å². The number of hydrogen-bond donors (Lipinski definition) is 0. The Hall–Kier alpha value is -6.18. The number of hydrogen-bond acceptors (Lipinski definition) is 1. The molecule has 236 valence electrons. The van der Waals surface area contributed by atoms with E-state index in [2.05, 4.69) is 188 Å². The van der Waals surface area contributed by atoms with Crippen LogP contribution < -0.4 is 15.2 Å². The number of rotatable bonds is 5. The van der Waals surface area contributed by atoms with Crippen molar-refractivity contribution in [3.63, 3.8) is 0 Å². The van der Waals surface area contributed by atoms with Gasteiger partial charge in [0, 0.05) is 11.5 Å². The molecule has 1 heteroatoms. The lowest BCUT2D eigenvalue weighted by molar-refractivity contribution is 0.285. The van der Waals surface area contributed by atoms with Crippen LogP contribution in [0.2, 0.25) is 0 Å². The molecule has 1 aliphatic heterocycles. The standard InChI is InChI=1S/C49H34O/c1-4-16-32(17-5-1)35-28-36(33-18-6-2-7-19-33)30-37(29-35)46(34-20-8-3-9-21-34)49-47-41-25-13-12-23-39(41)38-22-10-11-24-40(38)43(47)31-45-48(49)42-26-14-15-27-44(42)50-45/h1-31,45-46,48H/t45-,46?,48?/m1/s1. The van der Waals surface area contributed by atoms with Crippen LogP contribution in [0.25, 0.3) is 55.4 Å². The Morgan fingerprint density at radius 1 is 0.420 bits per heavy atom. The fourth-order valence-corrected chi connectivity index (χ4v) is 8.62. The van der Waals surface area contributed by atoms with E-state index in [1.165, 1.54) is 76.5 Å². The minimum Gasteiger partial charge on any atom is -0.485 e. The second-order valence-corrected chi connectivity index (χ2v) is 13.5. The summed E-state index contributed by atoms with van der Waals surface area (Å²) in [5, 5.41) is 7.73. The van der Waals surface area contributed by atoms with E-state index in [0.29, 0.717) is 0 Å². The number of ether oxygens (including phenoxy) is 1. The molecule has 8 aromatic carbocycles. The van der Waals surface area contributed by atoms with E-state index in [-0.39, 0.29) is 17.9 Å². The molecule has 0 bridgehead atoms. The van der Waals surface area contributed by atoms with Crippen molar-refractivity contribution in [2.24, 2.45) is 0 Å². The van der Waals surface area contributed by atoms with Crippen LogP contribution in [0.1, 0.15) is 28.5 Å².